The standard InChI is InChI=1S/C18H26N4O2/c1-18(8-9-18)17(24)22-12-3-6-14-5-2-7-15(21-14)19-10-4-11-20-16(23)13-22/h2,5,7H,3-4,6,8-13H2,1H3,(H,19,21)(H,20,23). The highest BCUT2D eigenvalue weighted by Gasteiger charge is 2.47. The summed E-state index contributed by atoms with van der Waals surface area (Å²) < 4.78 is 0. The second-order valence-corrected chi connectivity index (χ2v) is 7.04. The predicted molar refractivity (Wildman–Crippen MR) is 92.6 cm³/mol. The van der Waals surface area contributed by atoms with Crippen molar-refractivity contribution in [3.8, 4) is 0 Å². The summed E-state index contributed by atoms with van der Waals surface area (Å²) in [4.78, 5) is 31.1. The molecule has 2 aliphatic rings. The predicted octanol–water partition coefficient (Wildman–Crippen LogP) is 1.57. The van der Waals surface area contributed by atoms with Gasteiger partial charge in [0, 0.05) is 30.7 Å². The van der Waals surface area contributed by atoms with Gasteiger partial charge in [0.15, 0.2) is 0 Å². The van der Waals surface area contributed by atoms with Gasteiger partial charge in [-0.3, -0.25) is 9.59 Å². The number of nitrogens with zero attached hydrogens (tertiary/aromatic N) is 2. The first kappa shape index (κ1) is 16.7. The maximum absolute atomic E-state index is 12.7. The number of rotatable bonds is 1. The van der Waals surface area contributed by atoms with Gasteiger partial charge in [0.25, 0.3) is 0 Å². The molecule has 6 nitrogen and oxygen atoms in total. The van der Waals surface area contributed by atoms with Crippen LogP contribution < -0.4 is 10.6 Å². The lowest BCUT2D eigenvalue weighted by Gasteiger charge is -2.25. The van der Waals surface area contributed by atoms with Crippen molar-refractivity contribution in [2.45, 2.75) is 39.0 Å². The smallest absolute Gasteiger partial charge is 0.239 e. The van der Waals surface area contributed by atoms with Crippen LogP contribution >= 0.6 is 0 Å². The molecule has 0 saturated heterocycles. The summed E-state index contributed by atoms with van der Waals surface area (Å²) in [6, 6.07) is 5.97. The Hall–Kier alpha value is -2.11. The third-order valence-corrected chi connectivity index (χ3v) is 4.79. The number of hydrogen-bond acceptors (Lipinski definition) is 4. The molecular formula is C18H26N4O2. The Bertz CT molecular complexity index is 613. The number of aryl methyl sites for hydroxylation is 1. The quantitative estimate of drug-likeness (QED) is 0.820. The zero-order valence-electron chi connectivity index (χ0n) is 14.3. The highest BCUT2D eigenvalue weighted by atomic mass is 16.2. The molecule has 1 fully saturated rings. The highest BCUT2D eigenvalue weighted by Crippen LogP contribution is 2.46. The summed E-state index contributed by atoms with van der Waals surface area (Å²) in [5.41, 5.74) is 0.778. The number of aromatic nitrogens is 1. The van der Waals surface area contributed by atoms with Gasteiger partial charge >= 0.3 is 0 Å². The first-order valence-electron chi connectivity index (χ1n) is 8.83. The van der Waals surface area contributed by atoms with Crippen LogP contribution in [-0.2, 0) is 16.0 Å². The Morgan fingerprint density at radius 3 is 2.79 bits per heavy atom. The zero-order valence-corrected chi connectivity index (χ0v) is 14.3. The van der Waals surface area contributed by atoms with E-state index in [0.29, 0.717) is 13.1 Å². The molecule has 0 radical (unpaired) electrons. The van der Waals surface area contributed by atoms with Crippen LogP contribution in [0.15, 0.2) is 18.2 Å². The maximum atomic E-state index is 12.7. The summed E-state index contributed by atoms with van der Waals surface area (Å²) in [6.07, 6.45) is 4.30. The molecule has 1 aromatic rings. The van der Waals surface area contributed by atoms with Crippen LogP contribution in [0.5, 0.6) is 0 Å². The first-order valence-corrected chi connectivity index (χ1v) is 8.83. The molecule has 1 saturated carbocycles. The number of fused-ring (bicyclic) bond motifs is 2. The number of carbonyl (C=O) groups excluding carboxylic acids is 2. The molecule has 1 aromatic heterocycles. The monoisotopic (exact) mass is 330 g/mol. The molecule has 2 heterocycles. The van der Waals surface area contributed by atoms with Gasteiger partial charge in [-0.25, -0.2) is 4.98 Å². The number of carbonyl (C=O) groups is 2. The molecule has 0 aromatic carbocycles. The van der Waals surface area contributed by atoms with Gasteiger partial charge < -0.3 is 15.5 Å². The van der Waals surface area contributed by atoms with Crippen molar-refractivity contribution in [2.24, 2.45) is 5.41 Å². The molecule has 2 N–H and O–H groups in total. The second-order valence-electron chi connectivity index (χ2n) is 7.04. The van der Waals surface area contributed by atoms with Gasteiger partial charge in [-0.05, 0) is 44.2 Å². The fourth-order valence-electron chi connectivity index (χ4n) is 2.97. The lowest BCUT2D eigenvalue weighted by molar-refractivity contribution is -0.140. The number of amides is 2. The van der Waals surface area contributed by atoms with Crippen molar-refractivity contribution in [3.05, 3.63) is 23.9 Å². The summed E-state index contributed by atoms with van der Waals surface area (Å²) in [7, 11) is 0. The molecule has 0 spiro atoms. The average molecular weight is 330 g/mol. The lowest BCUT2D eigenvalue weighted by atomic mass is 10.1. The van der Waals surface area contributed by atoms with Gasteiger partial charge in [-0.1, -0.05) is 13.0 Å². The van der Waals surface area contributed by atoms with Crippen LogP contribution in [0.25, 0.3) is 0 Å². The Morgan fingerprint density at radius 1 is 1.21 bits per heavy atom. The Morgan fingerprint density at radius 2 is 2.00 bits per heavy atom. The molecule has 0 atom stereocenters. The van der Waals surface area contributed by atoms with E-state index in [1.54, 1.807) is 4.90 Å². The largest absolute Gasteiger partial charge is 0.370 e. The minimum Gasteiger partial charge on any atom is -0.370 e. The van der Waals surface area contributed by atoms with Crippen molar-refractivity contribution in [1.82, 2.24) is 15.2 Å². The molecule has 0 unspecified atom stereocenters. The van der Waals surface area contributed by atoms with Crippen LogP contribution in [-0.4, -0.2) is 47.9 Å². The third kappa shape index (κ3) is 4.24. The van der Waals surface area contributed by atoms with Crippen molar-refractivity contribution in [1.29, 1.82) is 0 Å². The van der Waals surface area contributed by atoms with Crippen molar-refractivity contribution in [3.63, 3.8) is 0 Å². The second kappa shape index (κ2) is 7.20. The fourth-order valence-corrected chi connectivity index (χ4v) is 2.97. The molecule has 2 bridgehead atoms. The van der Waals surface area contributed by atoms with E-state index in [1.807, 2.05) is 25.1 Å². The van der Waals surface area contributed by atoms with E-state index in [2.05, 4.69) is 15.6 Å². The van der Waals surface area contributed by atoms with E-state index in [4.69, 9.17) is 0 Å². The summed E-state index contributed by atoms with van der Waals surface area (Å²) in [5, 5.41) is 6.19. The summed E-state index contributed by atoms with van der Waals surface area (Å²) in [6.45, 7) is 4.12. The van der Waals surface area contributed by atoms with E-state index in [1.165, 1.54) is 0 Å². The van der Waals surface area contributed by atoms with Gasteiger partial charge in [0.1, 0.15) is 5.82 Å². The van der Waals surface area contributed by atoms with Crippen LogP contribution in [0.3, 0.4) is 0 Å². The van der Waals surface area contributed by atoms with Crippen molar-refractivity contribution < 1.29 is 9.59 Å². The normalized spacial score (nSPS) is 21.2. The van der Waals surface area contributed by atoms with E-state index < -0.39 is 0 Å². The van der Waals surface area contributed by atoms with Crippen molar-refractivity contribution in [2.75, 3.05) is 31.5 Å². The highest BCUT2D eigenvalue weighted by molar-refractivity contribution is 5.89. The molecule has 130 valence electrons. The van der Waals surface area contributed by atoms with E-state index in [9.17, 15) is 9.59 Å². The minimum atomic E-state index is -0.242. The SMILES string of the molecule is CC1(C(=O)N2CCCc3cccc(n3)NCCCNC(=O)C2)CC1. The van der Waals surface area contributed by atoms with Gasteiger partial charge in [0.05, 0.1) is 6.54 Å². The Balaban J connectivity index is 1.70. The summed E-state index contributed by atoms with van der Waals surface area (Å²) >= 11 is 0. The molecule has 1 aliphatic carbocycles. The van der Waals surface area contributed by atoms with Gasteiger partial charge in [-0.15, -0.1) is 0 Å². The maximum Gasteiger partial charge on any atom is 0.239 e. The minimum absolute atomic E-state index is 0.0682. The van der Waals surface area contributed by atoms with Crippen LogP contribution in [0, 0.1) is 5.41 Å². The van der Waals surface area contributed by atoms with E-state index >= 15 is 0 Å². The topological polar surface area (TPSA) is 74.3 Å². The van der Waals surface area contributed by atoms with Gasteiger partial charge in [0.2, 0.25) is 11.8 Å². The third-order valence-electron chi connectivity index (χ3n) is 4.79. The van der Waals surface area contributed by atoms with Gasteiger partial charge in [-0.2, -0.15) is 0 Å². The number of hydrogen-bond donors (Lipinski definition) is 2. The molecule has 24 heavy (non-hydrogen) atoms. The van der Waals surface area contributed by atoms with Crippen LogP contribution in [0.1, 0.15) is 38.3 Å². The van der Waals surface area contributed by atoms with E-state index in [0.717, 1.165) is 50.2 Å². The first-order chi connectivity index (χ1) is 11.6. The molecule has 6 heteroatoms. The number of anilines is 1. The number of nitrogens with one attached hydrogen (secondary N) is 2. The molecule has 3 rings (SSSR count). The average Bonchev–Trinajstić information content (AvgIpc) is 3.31. The van der Waals surface area contributed by atoms with Crippen LogP contribution in [0.2, 0.25) is 0 Å². The lowest BCUT2D eigenvalue weighted by Crippen LogP contribution is -2.44. The molecule has 1 aliphatic heterocycles. The number of pyridine rings is 1. The van der Waals surface area contributed by atoms with E-state index in [-0.39, 0.29) is 23.8 Å². The fraction of sp³-hybridized carbons (Fsp3) is 0.611. The Labute approximate surface area is 143 Å². The summed E-state index contributed by atoms with van der Waals surface area (Å²) in [5.74, 6) is 0.920. The zero-order chi connectivity index (χ0) is 17.0. The Kier molecular flexibility index (Phi) is 5.02. The van der Waals surface area contributed by atoms with Crippen LogP contribution in [0.4, 0.5) is 5.82 Å². The van der Waals surface area contributed by atoms with Crippen molar-refractivity contribution >= 4 is 17.6 Å². The molecular weight excluding hydrogens is 304 g/mol. The molecule has 2 amide bonds.